The van der Waals surface area contributed by atoms with Crippen LogP contribution in [-0.4, -0.2) is 37.5 Å². The van der Waals surface area contributed by atoms with E-state index in [0.29, 0.717) is 11.5 Å². The molecule has 0 saturated carbocycles. The van der Waals surface area contributed by atoms with E-state index in [1.54, 1.807) is 49.3 Å². The third-order valence-electron chi connectivity index (χ3n) is 4.20. The molecule has 1 unspecified atom stereocenters. The zero-order valence-corrected chi connectivity index (χ0v) is 15.7. The second-order valence-corrected chi connectivity index (χ2v) is 6.49. The summed E-state index contributed by atoms with van der Waals surface area (Å²) in [6, 6.07) is 11.2. The van der Waals surface area contributed by atoms with E-state index in [-0.39, 0.29) is 11.3 Å². The summed E-state index contributed by atoms with van der Waals surface area (Å²) in [5.74, 6) is -0.0694. The summed E-state index contributed by atoms with van der Waals surface area (Å²) in [4.78, 5) is 19.4. The smallest absolute Gasteiger partial charge is 0.416 e. The number of para-hydroxylation sites is 1. The molecule has 2 N–H and O–H groups in total. The van der Waals surface area contributed by atoms with Crippen molar-refractivity contribution in [2.75, 3.05) is 19.0 Å². The third kappa shape index (κ3) is 4.50. The van der Waals surface area contributed by atoms with Crippen LogP contribution in [0, 0.1) is 0 Å². The van der Waals surface area contributed by atoms with E-state index < -0.39 is 23.9 Å². The lowest BCUT2D eigenvalue weighted by molar-refractivity contribution is -0.137. The quantitative estimate of drug-likeness (QED) is 0.829. The number of carbonyl (C=O) groups excluding carboxylic acids is 1. The van der Waals surface area contributed by atoms with E-state index in [4.69, 9.17) is 10.5 Å². The summed E-state index contributed by atoms with van der Waals surface area (Å²) in [6.07, 6.45) is -2.25. The van der Waals surface area contributed by atoms with Gasteiger partial charge in [0, 0.05) is 20.2 Å². The second-order valence-electron chi connectivity index (χ2n) is 6.49. The average molecular weight is 404 g/mol. The molecular formula is C20H19F3N4O2. The van der Waals surface area contributed by atoms with E-state index in [0.717, 1.165) is 12.1 Å². The van der Waals surface area contributed by atoms with Crippen LogP contribution in [0.5, 0.6) is 5.75 Å². The largest absolute Gasteiger partial charge is 0.466 e. The summed E-state index contributed by atoms with van der Waals surface area (Å²) in [7, 11) is 3.55. The SMILES string of the molecule is CN(C)C1=CC(Oc2cccc(C(F)(F)F)c2)N(c2ccccc2C(N)=O)C=N1. The number of alkyl halides is 3. The second kappa shape index (κ2) is 7.86. The molecule has 0 radical (unpaired) electrons. The fourth-order valence-electron chi connectivity index (χ4n) is 2.78. The predicted molar refractivity (Wildman–Crippen MR) is 104 cm³/mol. The van der Waals surface area contributed by atoms with Gasteiger partial charge in [-0.05, 0) is 30.3 Å². The van der Waals surface area contributed by atoms with E-state index >= 15 is 0 Å². The fourth-order valence-corrected chi connectivity index (χ4v) is 2.78. The van der Waals surface area contributed by atoms with Crippen molar-refractivity contribution in [3.8, 4) is 5.75 Å². The highest BCUT2D eigenvalue weighted by atomic mass is 19.4. The number of nitrogens with two attached hydrogens (primary N) is 1. The van der Waals surface area contributed by atoms with Crippen LogP contribution in [-0.2, 0) is 6.18 Å². The maximum atomic E-state index is 13.0. The Labute approximate surface area is 165 Å². The van der Waals surface area contributed by atoms with Crippen LogP contribution in [0.4, 0.5) is 18.9 Å². The first-order valence-electron chi connectivity index (χ1n) is 8.61. The highest BCUT2D eigenvalue weighted by Crippen LogP contribution is 2.32. The van der Waals surface area contributed by atoms with Gasteiger partial charge in [-0.15, -0.1) is 0 Å². The Balaban J connectivity index is 2.00. The van der Waals surface area contributed by atoms with Gasteiger partial charge in [-0.25, -0.2) is 4.99 Å². The number of hydrogen-bond donors (Lipinski definition) is 1. The number of carbonyl (C=O) groups is 1. The van der Waals surface area contributed by atoms with Crippen LogP contribution in [0.25, 0.3) is 0 Å². The summed E-state index contributed by atoms with van der Waals surface area (Å²) < 4.78 is 45.0. The molecule has 1 heterocycles. The molecule has 6 nitrogen and oxygen atoms in total. The molecule has 9 heteroatoms. The number of nitrogens with zero attached hydrogens (tertiary/aromatic N) is 3. The number of aliphatic imine (C=N–C) groups is 1. The Bertz CT molecular complexity index is 970. The van der Waals surface area contributed by atoms with Gasteiger partial charge < -0.3 is 15.4 Å². The monoisotopic (exact) mass is 404 g/mol. The number of halogens is 3. The number of amides is 1. The average Bonchev–Trinajstić information content (AvgIpc) is 2.67. The Kier molecular flexibility index (Phi) is 5.49. The van der Waals surface area contributed by atoms with Crippen LogP contribution in [0.2, 0.25) is 0 Å². The van der Waals surface area contributed by atoms with Gasteiger partial charge in [-0.2, -0.15) is 13.2 Å². The molecule has 2 aromatic carbocycles. The number of rotatable bonds is 5. The molecule has 0 spiro atoms. The number of primary amides is 1. The van der Waals surface area contributed by atoms with Crippen LogP contribution in [0.3, 0.4) is 0 Å². The maximum absolute atomic E-state index is 13.0. The Morgan fingerprint density at radius 1 is 1.17 bits per heavy atom. The lowest BCUT2D eigenvalue weighted by Gasteiger charge is -2.33. The summed E-state index contributed by atoms with van der Waals surface area (Å²) in [5.41, 5.74) is 5.30. The van der Waals surface area contributed by atoms with Gasteiger partial charge in [-0.1, -0.05) is 18.2 Å². The number of ether oxygens (including phenoxy) is 1. The Morgan fingerprint density at radius 2 is 1.90 bits per heavy atom. The third-order valence-corrected chi connectivity index (χ3v) is 4.20. The number of benzene rings is 2. The van der Waals surface area contributed by atoms with Crippen LogP contribution in [0.1, 0.15) is 15.9 Å². The van der Waals surface area contributed by atoms with Crippen molar-refractivity contribution < 1.29 is 22.7 Å². The molecule has 0 aliphatic carbocycles. The van der Waals surface area contributed by atoms with Gasteiger partial charge in [0.1, 0.15) is 17.9 Å². The highest BCUT2D eigenvalue weighted by Gasteiger charge is 2.31. The van der Waals surface area contributed by atoms with Gasteiger partial charge in [0.05, 0.1) is 16.8 Å². The van der Waals surface area contributed by atoms with Gasteiger partial charge in [0.25, 0.3) is 5.91 Å². The van der Waals surface area contributed by atoms with Crippen molar-refractivity contribution in [3.05, 3.63) is 71.6 Å². The summed E-state index contributed by atoms with van der Waals surface area (Å²) in [6.45, 7) is 0. The molecule has 0 saturated heterocycles. The first kappa shape index (κ1) is 20.2. The minimum absolute atomic E-state index is 0.0241. The molecule has 1 amide bonds. The van der Waals surface area contributed by atoms with Crippen LogP contribution < -0.4 is 15.4 Å². The fraction of sp³-hybridized carbons (Fsp3) is 0.200. The molecule has 0 bridgehead atoms. The van der Waals surface area contributed by atoms with Gasteiger partial charge in [-0.3, -0.25) is 9.69 Å². The maximum Gasteiger partial charge on any atom is 0.416 e. The summed E-state index contributed by atoms with van der Waals surface area (Å²) >= 11 is 0. The number of anilines is 1. The standard InChI is InChI=1S/C20H19F3N4O2/c1-26(2)17-11-18(29-14-7-5-6-13(10-14)20(21,22)23)27(12-25-17)16-9-4-3-8-15(16)19(24)28/h3-12,18H,1-2H3,(H2,24,28). The lowest BCUT2D eigenvalue weighted by Crippen LogP contribution is -2.41. The molecule has 0 aromatic heterocycles. The van der Waals surface area contributed by atoms with Gasteiger partial charge in [0.2, 0.25) is 6.23 Å². The van der Waals surface area contributed by atoms with Gasteiger partial charge in [0.15, 0.2) is 0 Å². The van der Waals surface area contributed by atoms with Crippen LogP contribution >= 0.6 is 0 Å². The molecule has 3 rings (SSSR count). The minimum Gasteiger partial charge on any atom is -0.466 e. The molecule has 1 aliphatic rings. The lowest BCUT2D eigenvalue weighted by atomic mass is 10.1. The first-order chi connectivity index (χ1) is 13.7. The van der Waals surface area contributed by atoms with E-state index in [1.165, 1.54) is 23.4 Å². The molecule has 2 aromatic rings. The van der Waals surface area contributed by atoms with Crippen molar-refractivity contribution in [3.63, 3.8) is 0 Å². The highest BCUT2D eigenvalue weighted by molar-refractivity contribution is 6.01. The minimum atomic E-state index is -4.49. The molecule has 0 fully saturated rings. The molecule has 29 heavy (non-hydrogen) atoms. The van der Waals surface area contributed by atoms with E-state index in [9.17, 15) is 18.0 Å². The molecular weight excluding hydrogens is 385 g/mol. The van der Waals surface area contributed by atoms with Crippen molar-refractivity contribution in [2.45, 2.75) is 12.4 Å². The van der Waals surface area contributed by atoms with Crippen molar-refractivity contribution in [1.82, 2.24) is 4.90 Å². The zero-order chi connectivity index (χ0) is 21.2. The summed E-state index contributed by atoms with van der Waals surface area (Å²) in [5, 5.41) is 0. The predicted octanol–water partition coefficient (Wildman–Crippen LogP) is 3.46. The zero-order valence-electron chi connectivity index (χ0n) is 15.7. The van der Waals surface area contributed by atoms with Gasteiger partial charge >= 0.3 is 6.18 Å². The number of hydrogen-bond acceptors (Lipinski definition) is 5. The van der Waals surface area contributed by atoms with Crippen molar-refractivity contribution in [2.24, 2.45) is 10.7 Å². The first-order valence-corrected chi connectivity index (χ1v) is 8.61. The van der Waals surface area contributed by atoms with Crippen molar-refractivity contribution >= 4 is 17.9 Å². The van der Waals surface area contributed by atoms with Crippen molar-refractivity contribution in [1.29, 1.82) is 0 Å². The Morgan fingerprint density at radius 3 is 2.55 bits per heavy atom. The Hall–Kier alpha value is -3.49. The normalized spacial score (nSPS) is 16.4. The van der Waals surface area contributed by atoms with E-state index in [1.807, 2.05) is 0 Å². The molecule has 1 aliphatic heterocycles. The topological polar surface area (TPSA) is 71.2 Å². The molecule has 152 valence electrons. The molecule has 1 atom stereocenters. The van der Waals surface area contributed by atoms with E-state index in [2.05, 4.69) is 4.99 Å². The van der Waals surface area contributed by atoms with Crippen LogP contribution in [0.15, 0.2) is 65.4 Å².